The summed E-state index contributed by atoms with van der Waals surface area (Å²) >= 11 is 0. The van der Waals surface area contributed by atoms with Gasteiger partial charge in [0, 0.05) is 6.92 Å². The van der Waals surface area contributed by atoms with Crippen molar-refractivity contribution in [2.45, 2.75) is 96.5 Å². The average molecular weight is 438 g/mol. The van der Waals surface area contributed by atoms with E-state index in [4.69, 9.17) is 18.0 Å². The van der Waals surface area contributed by atoms with E-state index in [2.05, 4.69) is 44.6 Å². The molecule has 1 fully saturated rings. The van der Waals surface area contributed by atoms with Crippen LogP contribution in [-0.4, -0.2) is 73.2 Å². The first-order chi connectivity index (χ1) is 12.0. The number of carbonyl (C=O) groups excluding carboxylic acids is 1. The molecule has 1 heterocycles. The van der Waals surface area contributed by atoms with Crippen molar-refractivity contribution in [1.29, 1.82) is 0 Å². The fourth-order valence-corrected chi connectivity index (χ4v) is 5.75. The molecule has 0 spiro atoms. The molecule has 27 heavy (non-hydrogen) atoms. The molecule has 0 saturated carbocycles. The highest BCUT2D eigenvalue weighted by Gasteiger charge is 2.49. The summed E-state index contributed by atoms with van der Waals surface area (Å²) < 4.78 is 24.6. The number of nitrogens with one attached hydrogen (secondary N) is 1. The molecule has 5 atom stereocenters. The molecule has 0 bridgehead atoms. The Morgan fingerprint density at radius 3 is 1.81 bits per heavy atom. The molecule has 0 aromatic carbocycles. The zero-order valence-corrected chi connectivity index (χ0v) is 21.6. The molecular weight excluding hydrogens is 398 g/mol. The number of carbonyl (C=O) groups is 1. The second-order valence-electron chi connectivity index (χ2n) is 10.1. The lowest BCUT2D eigenvalue weighted by molar-refractivity contribution is -0.253. The average Bonchev–Trinajstić information content (AvgIpc) is 2.40. The van der Waals surface area contributed by atoms with Gasteiger partial charge in [-0.1, -0.05) is 0 Å². The Hall–Kier alpha value is -0.0794. The van der Waals surface area contributed by atoms with Crippen molar-refractivity contribution in [2.75, 3.05) is 6.61 Å². The fourth-order valence-electron chi connectivity index (χ4n) is 2.89. The van der Waals surface area contributed by atoms with Gasteiger partial charge >= 0.3 is 0 Å². The van der Waals surface area contributed by atoms with E-state index in [0.29, 0.717) is 6.61 Å². The third-order valence-corrected chi connectivity index (χ3v) is 6.69. The molecule has 1 saturated heterocycles. The van der Waals surface area contributed by atoms with Gasteiger partial charge in [-0.25, -0.2) is 0 Å². The standard InChI is InChI=1S/C17H39NO6Si3/c1-12(19)18-14-15(23-26(5,6)7)13(11-21-25(2,3)4)22-17(20)16(14)24-27(8,9)10/h13-17,20H,11H2,1-10H3,(H,18,19)/t13-,14+,15-,16-,17+/m1/s1. The molecule has 0 aromatic rings. The minimum atomic E-state index is -2.00. The summed E-state index contributed by atoms with van der Waals surface area (Å²) in [5.74, 6) is -0.188. The molecule has 0 aliphatic carbocycles. The molecule has 0 aromatic heterocycles. The lowest BCUT2D eigenvalue weighted by Crippen LogP contribution is -2.68. The maximum Gasteiger partial charge on any atom is 0.217 e. The zero-order valence-electron chi connectivity index (χ0n) is 18.6. The molecule has 7 nitrogen and oxygen atoms in total. The highest BCUT2D eigenvalue weighted by Crippen LogP contribution is 2.29. The highest BCUT2D eigenvalue weighted by molar-refractivity contribution is 6.70. The normalized spacial score (nSPS) is 30.3. The highest BCUT2D eigenvalue weighted by atomic mass is 28.4. The third kappa shape index (κ3) is 9.31. The molecule has 1 rings (SSSR count). The van der Waals surface area contributed by atoms with Crippen molar-refractivity contribution in [3.63, 3.8) is 0 Å². The van der Waals surface area contributed by atoms with Crippen LogP contribution in [0.3, 0.4) is 0 Å². The Bertz CT molecular complexity index is 500. The van der Waals surface area contributed by atoms with Gasteiger partial charge in [0.05, 0.1) is 18.8 Å². The first-order valence-corrected chi connectivity index (χ1v) is 19.8. The predicted molar refractivity (Wildman–Crippen MR) is 114 cm³/mol. The summed E-state index contributed by atoms with van der Waals surface area (Å²) in [4.78, 5) is 11.9. The third-order valence-electron chi connectivity index (χ3n) is 3.70. The van der Waals surface area contributed by atoms with Gasteiger partial charge < -0.3 is 28.4 Å². The van der Waals surface area contributed by atoms with Crippen LogP contribution in [-0.2, 0) is 22.8 Å². The van der Waals surface area contributed by atoms with Crippen LogP contribution in [0.1, 0.15) is 6.92 Å². The smallest absolute Gasteiger partial charge is 0.217 e. The van der Waals surface area contributed by atoms with Gasteiger partial charge in [0.15, 0.2) is 31.2 Å². The molecule has 1 aliphatic heterocycles. The van der Waals surface area contributed by atoms with Crippen molar-refractivity contribution in [2.24, 2.45) is 0 Å². The molecule has 160 valence electrons. The topological polar surface area (TPSA) is 86.3 Å². The first kappa shape index (κ1) is 25.0. The Labute approximate surface area is 167 Å². The van der Waals surface area contributed by atoms with E-state index < -0.39 is 55.6 Å². The van der Waals surface area contributed by atoms with E-state index in [1.807, 2.05) is 19.6 Å². The van der Waals surface area contributed by atoms with Gasteiger partial charge in [-0.15, -0.1) is 0 Å². The van der Waals surface area contributed by atoms with Gasteiger partial charge in [-0.3, -0.25) is 4.79 Å². The predicted octanol–water partition coefficient (Wildman–Crippen LogP) is 2.50. The number of hydrogen-bond donors (Lipinski definition) is 2. The molecular formula is C17H39NO6Si3. The Morgan fingerprint density at radius 1 is 0.926 bits per heavy atom. The largest absolute Gasteiger partial charge is 0.415 e. The first-order valence-electron chi connectivity index (χ1n) is 9.59. The summed E-state index contributed by atoms with van der Waals surface area (Å²) in [6.07, 6.45) is -2.74. The molecule has 10 heteroatoms. The molecule has 1 amide bonds. The lowest BCUT2D eigenvalue weighted by atomic mass is 9.96. The summed E-state index contributed by atoms with van der Waals surface area (Å²) in [5, 5.41) is 13.6. The SMILES string of the molecule is CC(=O)N[C@@H]1[C@@H](O[Si](C)(C)C)[C@@H](O)O[C@H](CO[Si](C)(C)C)[C@H]1O[Si](C)(C)C. The minimum Gasteiger partial charge on any atom is -0.415 e. The monoisotopic (exact) mass is 437 g/mol. The lowest BCUT2D eigenvalue weighted by Gasteiger charge is -2.48. The van der Waals surface area contributed by atoms with Gasteiger partial charge in [-0.2, -0.15) is 0 Å². The van der Waals surface area contributed by atoms with Crippen molar-refractivity contribution in [1.82, 2.24) is 5.32 Å². The van der Waals surface area contributed by atoms with Crippen LogP contribution in [0.15, 0.2) is 0 Å². The molecule has 1 aliphatic rings. The van der Waals surface area contributed by atoms with Crippen LogP contribution < -0.4 is 5.32 Å². The van der Waals surface area contributed by atoms with Gasteiger partial charge in [0.25, 0.3) is 0 Å². The Morgan fingerprint density at radius 2 is 1.41 bits per heavy atom. The van der Waals surface area contributed by atoms with Gasteiger partial charge in [0.2, 0.25) is 5.91 Å². The minimum absolute atomic E-state index is 0.188. The fraction of sp³-hybridized carbons (Fsp3) is 0.941. The van der Waals surface area contributed by atoms with Crippen LogP contribution in [0.4, 0.5) is 0 Å². The van der Waals surface area contributed by atoms with Crippen LogP contribution in [0.5, 0.6) is 0 Å². The molecule has 2 N–H and O–H groups in total. The van der Waals surface area contributed by atoms with Crippen LogP contribution in [0.2, 0.25) is 58.9 Å². The van der Waals surface area contributed by atoms with Gasteiger partial charge in [-0.05, 0) is 58.9 Å². The molecule has 0 radical (unpaired) electrons. The molecule has 0 unspecified atom stereocenters. The van der Waals surface area contributed by atoms with Crippen LogP contribution >= 0.6 is 0 Å². The zero-order chi connectivity index (χ0) is 21.2. The van der Waals surface area contributed by atoms with E-state index in [1.165, 1.54) is 6.92 Å². The number of ether oxygens (including phenoxy) is 1. The summed E-state index contributed by atoms with van der Waals surface area (Å²) in [6, 6.07) is -0.500. The number of amides is 1. The van der Waals surface area contributed by atoms with E-state index in [-0.39, 0.29) is 5.91 Å². The van der Waals surface area contributed by atoms with Gasteiger partial charge in [0.1, 0.15) is 12.2 Å². The summed E-state index contributed by atoms with van der Waals surface area (Å²) in [5.41, 5.74) is 0. The second kappa shape index (κ2) is 9.16. The van der Waals surface area contributed by atoms with E-state index in [1.54, 1.807) is 0 Å². The maximum absolute atomic E-state index is 11.9. The Kier molecular flexibility index (Phi) is 8.47. The van der Waals surface area contributed by atoms with Crippen molar-refractivity contribution >= 4 is 30.9 Å². The number of aliphatic hydroxyl groups is 1. The number of rotatable bonds is 8. The van der Waals surface area contributed by atoms with Crippen LogP contribution in [0.25, 0.3) is 0 Å². The summed E-state index contributed by atoms with van der Waals surface area (Å²) in [6.45, 7) is 20.5. The Balaban J connectivity index is 3.20. The van der Waals surface area contributed by atoms with Crippen LogP contribution in [0, 0.1) is 0 Å². The number of hydrogen-bond acceptors (Lipinski definition) is 6. The van der Waals surface area contributed by atoms with Crippen molar-refractivity contribution in [3.05, 3.63) is 0 Å². The summed E-state index contributed by atoms with van der Waals surface area (Å²) in [7, 11) is -5.74. The van der Waals surface area contributed by atoms with Crippen molar-refractivity contribution < 1.29 is 27.9 Å². The number of aliphatic hydroxyl groups excluding tert-OH is 1. The van der Waals surface area contributed by atoms with E-state index in [9.17, 15) is 9.90 Å². The second-order valence-corrected chi connectivity index (χ2v) is 23.5. The maximum atomic E-state index is 11.9. The van der Waals surface area contributed by atoms with E-state index >= 15 is 0 Å². The van der Waals surface area contributed by atoms with Crippen molar-refractivity contribution in [3.8, 4) is 0 Å². The quantitative estimate of drug-likeness (QED) is 0.568. The van der Waals surface area contributed by atoms with E-state index in [0.717, 1.165) is 0 Å².